The molecule has 2 atom stereocenters. The number of hydrogen-bond acceptors (Lipinski definition) is 6. The Hall–Kier alpha value is -4.78. The number of amides is 1. The van der Waals surface area contributed by atoms with Crippen molar-refractivity contribution in [2.75, 3.05) is 36.5 Å². The molecule has 13 heteroatoms. The predicted octanol–water partition coefficient (Wildman–Crippen LogP) is 5.11. The van der Waals surface area contributed by atoms with Crippen molar-refractivity contribution in [1.29, 1.82) is 0 Å². The molecule has 4 heterocycles. The van der Waals surface area contributed by atoms with Crippen LogP contribution in [-0.2, 0) is 19.7 Å². The maximum absolute atomic E-state index is 13.9. The third-order valence-electron chi connectivity index (χ3n) is 7.88. The second-order valence-electron chi connectivity index (χ2n) is 10.5. The average molecular weight is 596 g/mol. The van der Waals surface area contributed by atoms with E-state index in [4.69, 9.17) is 14.6 Å². The summed E-state index contributed by atoms with van der Waals surface area (Å²) in [7, 11) is 0. The molecule has 3 N–H and O–H groups in total. The Morgan fingerprint density at radius 3 is 2.56 bits per heavy atom. The van der Waals surface area contributed by atoms with Crippen LogP contribution in [0.25, 0.3) is 23.1 Å². The van der Waals surface area contributed by atoms with E-state index in [9.17, 15) is 22.4 Å². The number of aromatic nitrogens is 3. The number of halogens is 4. The third kappa shape index (κ3) is 5.43. The lowest BCUT2D eigenvalue weighted by Crippen LogP contribution is -2.36. The number of hydrogen-bond donors (Lipinski definition) is 3. The number of alkyl halides is 3. The first kappa shape index (κ1) is 28.3. The van der Waals surface area contributed by atoms with E-state index in [-0.39, 0.29) is 17.6 Å². The summed E-state index contributed by atoms with van der Waals surface area (Å²) in [5, 5.41) is 18.7. The molecule has 3 aliphatic rings. The van der Waals surface area contributed by atoms with Gasteiger partial charge in [-0.1, -0.05) is 18.2 Å². The molecule has 2 aromatic carbocycles. The van der Waals surface area contributed by atoms with Crippen LogP contribution in [-0.4, -0.2) is 64.6 Å². The monoisotopic (exact) mass is 595 g/mol. The second kappa shape index (κ2) is 10.8. The third-order valence-corrected chi connectivity index (χ3v) is 7.88. The molecule has 4 aromatic rings. The van der Waals surface area contributed by atoms with Crippen molar-refractivity contribution in [3.63, 3.8) is 0 Å². The molecule has 1 spiro atoms. The van der Waals surface area contributed by atoms with E-state index in [0.717, 1.165) is 65.4 Å². The van der Waals surface area contributed by atoms with Crippen LogP contribution in [0.1, 0.15) is 34.7 Å². The van der Waals surface area contributed by atoms with Crippen molar-refractivity contribution in [3.05, 3.63) is 82.9 Å². The van der Waals surface area contributed by atoms with Gasteiger partial charge in [0, 0.05) is 36.3 Å². The molecular formula is C30H25F4N5O4. The van der Waals surface area contributed by atoms with Gasteiger partial charge in [0.05, 0.1) is 29.8 Å². The van der Waals surface area contributed by atoms with Crippen molar-refractivity contribution in [1.82, 2.24) is 15.2 Å². The molecule has 222 valence electrons. The van der Waals surface area contributed by atoms with Gasteiger partial charge in [0.25, 0.3) is 0 Å². The maximum atomic E-state index is 13.9. The molecule has 0 bridgehead atoms. The van der Waals surface area contributed by atoms with Crippen molar-refractivity contribution < 1.29 is 37.0 Å². The number of nitrogens with one attached hydrogen (secondary N) is 2. The van der Waals surface area contributed by atoms with Gasteiger partial charge in [-0.05, 0) is 65.6 Å². The molecule has 1 saturated carbocycles. The number of pyridine rings is 1. The van der Waals surface area contributed by atoms with Gasteiger partial charge in [-0.2, -0.15) is 18.3 Å². The van der Waals surface area contributed by atoms with Crippen molar-refractivity contribution in [2.24, 2.45) is 0 Å². The fraction of sp³-hybridized carbons (Fsp3) is 0.267. The van der Waals surface area contributed by atoms with Gasteiger partial charge in [-0.25, -0.2) is 14.2 Å². The number of rotatable bonds is 4. The lowest BCUT2D eigenvalue weighted by molar-refractivity contribution is -0.192. The Morgan fingerprint density at radius 2 is 1.86 bits per heavy atom. The van der Waals surface area contributed by atoms with E-state index in [1.165, 1.54) is 12.1 Å². The van der Waals surface area contributed by atoms with Crippen molar-refractivity contribution in [3.8, 4) is 0 Å². The molecule has 7 rings (SSSR count). The highest BCUT2D eigenvalue weighted by atomic mass is 19.4. The Labute approximate surface area is 242 Å². The Bertz CT molecular complexity index is 1730. The number of nitrogens with zero attached hydrogens (tertiary/aromatic N) is 3. The quantitative estimate of drug-likeness (QED) is 0.280. The van der Waals surface area contributed by atoms with E-state index in [2.05, 4.69) is 43.6 Å². The molecule has 1 amide bonds. The van der Waals surface area contributed by atoms with Gasteiger partial charge in [-0.3, -0.25) is 9.89 Å². The normalized spacial score (nSPS) is 21.1. The van der Waals surface area contributed by atoms with E-state index < -0.39 is 17.6 Å². The van der Waals surface area contributed by atoms with Crippen molar-refractivity contribution >= 4 is 46.4 Å². The topological polar surface area (TPSA) is 120 Å². The zero-order chi connectivity index (χ0) is 30.4. The van der Waals surface area contributed by atoms with Crippen LogP contribution in [0.3, 0.4) is 0 Å². The van der Waals surface area contributed by atoms with E-state index >= 15 is 0 Å². The number of ether oxygens (including phenoxy) is 1. The number of morpholine rings is 1. The van der Waals surface area contributed by atoms with Crippen LogP contribution in [0, 0.1) is 5.82 Å². The van der Waals surface area contributed by atoms with E-state index in [0.29, 0.717) is 12.1 Å². The molecule has 1 aliphatic carbocycles. The number of anilines is 2. The van der Waals surface area contributed by atoms with Crippen LogP contribution in [0.15, 0.2) is 54.7 Å². The molecule has 9 nitrogen and oxygen atoms in total. The Morgan fingerprint density at radius 1 is 1.09 bits per heavy atom. The summed E-state index contributed by atoms with van der Waals surface area (Å²) in [5.41, 5.74) is 4.60. The van der Waals surface area contributed by atoms with Crippen LogP contribution >= 0.6 is 0 Å². The molecule has 2 aliphatic heterocycles. The first-order valence-electron chi connectivity index (χ1n) is 13.4. The minimum absolute atomic E-state index is 0.0169. The SMILES string of the molecule is O=C(O)C(F)(F)F.O=C1Nc2ccc(F)cc2[C@]12C[C@H]2c1ccc2c(/C=C/c3ccc(N4CCOCC4)nc3)n[nH]c2c1. The lowest BCUT2D eigenvalue weighted by Gasteiger charge is -2.27. The van der Waals surface area contributed by atoms with Crippen LogP contribution in [0.5, 0.6) is 0 Å². The van der Waals surface area contributed by atoms with E-state index in [1.807, 2.05) is 30.5 Å². The average Bonchev–Trinajstić information content (AvgIpc) is 3.54. The maximum Gasteiger partial charge on any atom is 0.490 e. The Balaban J connectivity index is 0.000000423. The number of carboxylic acid groups (broad SMARTS) is 1. The van der Waals surface area contributed by atoms with Crippen LogP contribution in [0.2, 0.25) is 0 Å². The number of carbonyl (C=O) groups is 2. The fourth-order valence-electron chi connectivity index (χ4n) is 5.62. The van der Waals surface area contributed by atoms with Gasteiger partial charge in [-0.15, -0.1) is 0 Å². The predicted molar refractivity (Wildman–Crippen MR) is 150 cm³/mol. The summed E-state index contributed by atoms with van der Waals surface area (Å²) in [6, 6.07) is 14.8. The molecule has 0 unspecified atom stereocenters. The standard InChI is InChI=1S/C28H24FN5O2.C2HF3O2/c29-19-4-7-24-21(14-19)28(27(35)31-24)15-22(28)18-3-5-20-23(32-33-25(20)13-18)6-1-17-2-8-26(30-16-17)34-9-11-36-12-10-34;3-2(4,5)1(6)7/h1-8,13-14,16,22H,9-12,15H2,(H,31,35)(H,32,33);(H,6,7)/b6-1+;/t22-,28-;/m0./s1. The molecule has 43 heavy (non-hydrogen) atoms. The number of H-pyrrole nitrogens is 1. The summed E-state index contributed by atoms with van der Waals surface area (Å²) < 4.78 is 51.1. The van der Waals surface area contributed by atoms with Gasteiger partial charge >= 0.3 is 12.1 Å². The highest BCUT2D eigenvalue weighted by Crippen LogP contribution is 2.65. The number of carboxylic acids is 1. The zero-order valence-electron chi connectivity index (χ0n) is 22.5. The number of carbonyl (C=O) groups excluding carboxylic acids is 1. The molecule has 2 fully saturated rings. The second-order valence-corrected chi connectivity index (χ2v) is 10.5. The number of aromatic amines is 1. The van der Waals surface area contributed by atoms with Gasteiger partial charge in [0.15, 0.2) is 0 Å². The number of benzene rings is 2. The summed E-state index contributed by atoms with van der Waals surface area (Å²) >= 11 is 0. The van der Waals surface area contributed by atoms with Gasteiger partial charge in [0.1, 0.15) is 11.6 Å². The van der Waals surface area contributed by atoms with Gasteiger partial charge < -0.3 is 20.1 Å². The smallest absolute Gasteiger partial charge is 0.475 e. The van der Waals surface area contributed by atoms with Crippen LogP contribution < -0.4 is 10.2 Å². The molecule has 2 aromatic heterocycles. The van der Waals surface area contributed by atoms with Crippen LogP contribution in [0.4, 0.5) is 29.1 Å². The first-order valence-corrected chi connectivity index (χ1v) is 13.4. The highest BCUT2D eigenvalue weighted by molar-refractivity contribution is 6.10. The summed E-state index contributed by atoms with van der Waals surface area (Å²) in [6.07, 6.45) is 1.44. The molecular weight excluding hydrogens is 570 g/mol. The Kier molecular flexibility index (Phi) is 7.12. The highest BCUT2D eigenvalue weighted by Gasteiger charge is 2.65. The number of fused-ring (bicyclic) bond motifs is 3. The number of aliphatic carboxylic acids is 1. The summed E-state index contributed by atoms with van der Waals surface area (Å²) in [5.74, 6) is -2.14. The first-order chi connectivity index (χ1) is 20.6. The summed E-state index contributed by atoms with van der Waals surface area (Å²) in [6.45, 7) is 3.19. The van der Waals surface area contributed by atoms with Gasteiger partial charge in [0.2, 0.25) is 5.91 Å². The molecule has 1 saturated heterocycles. The largest absolute Gasteiger partial charge is 0.490 e. The minimum atomic E-state index is -5.08. The van der Waals surface area contributed by atoms with Crippen molar-refractivity contribution in [2.45, 2.75) is 23.9 Å². The lowest BCUT2D eigenvalue weighted by atomic mass is 9.91. The van der Waals surface area contributed by atoms with E-state index in [1.54, 1.807) is 6.07 Å². The molecule has 0 radical (unpaired) electrons. The summed E-state index contributed by atoms with van der Waals surface area (Å²) in [4.78, 5) is 28.6. The minimum Gasteiger partial charge on any atom is -0.475 e. The zero-order valence-corrected chi connectivity index (χ0v) is 22.5. The fourth-order valence-corrected chi connectivity index (χ4v) is 5.62.